The summed E-state index contributed by atoms with van der Waals surface area (Å²) in [5.74, 6) is -1.08. The van der Waals surface area contributed by atoms with E-state index in [2.05, 4.69) is 10.4 Å². The fourth-order valence-electron chi connectivity index (χ4n) is 2.78. The lowest BCUT2D eigenvalue weighted by Crippen LogP contribution is -2.31. The van der Waals surface area contributed by atoms with Gasteiger partial charge >= 0.3 is 5.97 Å². The monoisotopic (exact) mass is 397 g/mol. The van der Waals surface area contributed by atoms with E-state index in [1.54, 1.807) is 6.92 Å². The predicted octanol–water partition coefficient (Wildman–Crippen LogP) is 3.87. The molecule has 0 fully saturated rings. The third kappa shape index (κ3) is 4.40. The zero-order valence-electron chi connectivity index (χ0n) is 15.6. The van der Waals surface area contributed by atoms with E-state index in [0.717, 1.165) is 11.3 Å². The van der Waals surface area contributed by atoms with E-state index in [1.165, 1.54) is 4.68 Å². The van der Waals surface area contributed by atoms with Gasteiger partial charge in [-0.25, -0.2) is 9.48 Å². The van der Waals surface area contributed by atoms with Crippen molar-refractivity contribution in [3.05, 3.63) is 82.6 Å². The molecule has 1 N–H and O–H groups in total. The van der Waals surface area contributed by atoms with Crippen molar-refractivity contribution in [2.75, 3.05) is 6.61 Å². The van der Waals surface area contributed by atoms with E-state index in [0.29, 0.717) is 5.69 Å². The molecule has 1 aromatic heterocycles. The topological polar surface area (TPSA) is 73.2 Å². The van der Waals surface area contributed by atoms with Crippen LogP contribution in [0.25, 0.3) is 5.69 Å². The van der Waals surface area contributed by atoms with Crippen molar-refractivity contribution in [1.82, 2.24) is 15.1 Å². The maximum atomic E-state index is 12.5. The van der Waals surface area contributed by atoms with Gasteiger partial charge in [0.25, 0.3) is 5.91 Å². The molecule has 28 heavy (non-hydrogen) atoms. The summed E-state index contributed by atoms with van der Waals surface area (Å²) in [6, 6.07) is 18.5. The Kier molecular flexibility index (Phi) is 6.11. The van der Waals surface area contributed by atoms with Gasteiger partial charge in [-0.15, -0.1) is 0 Å². The summed E-state index contributed by atoms with van der Waals surface area (Å²) in [7, 11) is 0. The number of aryl methyl sites for hydroxylation is 1. The van der Waals surface area contributed by atoms with Crippen molar-refractivity contribution in [3.63, 3.8) is 0 Å². The molecule has 2 aromatic carbocycles. The number of halogens is 1. The molecule has 1 atom stereocenters. The maximum absolute atomic E-state index is 12.5. The number of nitrogens with zero attached hydrogens (tertiary/aromatic N) is 2. The van der Waals surface area contributed by atoms with Crippen molar-refractivity contribution in [1.29, 1.82) is 0 Å². The highest BCUT2D eigenvalue weighted by Crippen LogP contribution is 2.24. The van der Waals surface area contributed by atoms with Gasteiger partial charge in [0.1, 0.15) is 10.7 Å². The first-order chi connectivity index (χ1) is 13.5. The van der Waals surface area contributed by atoms with Crippen LogP contribution in [0.4, 0.5) is 0 Å². The number of ether oxygens (including phenoxy) is 1. The Morgan fingerprint density at radius 2 is 1.71 bits per heavy atom. The molecule has 0 aliphatic carbocycles. The summed E-state index contributed by atoms with van der Waals surface area (Å²) in [6.45, 7) is 3.13. The lowest BCUT2D eigenvalue weighted by molar-refractivity contribution is -0.124. The highest BCUT2D eigenvalue weighted by Gasteiger charge is 2.23. The number of carbonyl (C=O) groups is 2. The van der Waals surface area contributed by atoms with E-state index < -0.39 is 18.5 Å². The molecule has 0 spiro atoms. The number of hydrogen-bond donors (Lipinski definition) is 1. The van der Waals surface area contributed by atoms with Crippen LogP contribution in [0.5, 0.6) is 0 Å². The van der Waals surface area contributed by atoms with E-state index in [4.69, 9.17) is 16.3 Å². The van der Waals surface area contributed by atoms with Crippen LogP contribution in [0.3, 0.4) is 0 Å². The van der Waals surface area contributed by atoms with Crippen LogP contribution >= 0.6 is 11.6 Å². The molecule has 7 heteroatoms. The van der Waals surface area contributed by atoms with Gasteiger partial charge in [-0.2, -0.15) is 5.10 Å². The molecule has 0 radical (unpaired) electrons. The minimum atomic E-state index is -0.688. The number of esters is 1. The van der Waals surface area contributed by atoms with Crippen LogP contribution in [-0.2, 0) is 9.53 Å². The van der Waals surface area contributed by atoms with E-state index >= 15 is 0 Å². The Bertz CT molecular complexity index is 971. The second-order valence-corrected chi connectivity index (χ2v) is 6.63. The number of amides is 1. The second kappa shape index (κ2) is 8.71. The molecule has 0 aliphatic heterocycles. The SMILES string of the molecule is Cc1nn(-c2ccccc2)c(Cl)c1C(=O)OCC(=O)N[C@H](C)c1ccccc1. The van der Waals surface area contributed by atoms with Gasteiger partial charge in [0.2, 0.25) is 0 Å². The molecule has 0 bridgehead atoms. The Hall–Kier alpha value is -3.12. The van der Waals surface area contributed by atoms with E-state index in [9.17, 15) is 9.59 Å². The Morgan fingerprint density at radius 3 is 2.36 bits per heavy atom. The summed E-state index contributed by atoms with van der Waals surface area (Å²) in [5.41, 5.74) is 2.26. The number of aromatic nitrogens is 2. The van der Waals surface area contributed by atoms with Gasteiger partial charge in [-0.1, -0.05) is 60.1 Å². The Labute approximate surface area is 168 Å². The summed E-state index contributed by atoms with van der Waals surface area (Å²) in [5, 5.41) is 7.24. The number of carbonyl (C=O) groups excluding carboxylic acids is 2. The van der Waals surface area contributed by atoms with Gasteiger partial charge in [0.05, 0.1) is 17.4 Å². The van der Waals surface area contributed by atoms with Crippen LogP contribution in [0.15, 0.2) is 60.7 Å². The third-order valence-corrected chi connectivity index (χ3v) is 4.57. The van der Waals surface area contributed by atoms with Crippen molar-refractivity contribution in [3.8, 4) is 5.69 Å². The number of nitrogens with one attached hydrogen (secondary N) is 1. The predicted molar refractivity (Wildman–Crippen MR) is 107 cm³/mol. The smallest absolute Gasteiger partial charge is 0.343 e. The van der Waals surface area contributed by atoms with E-state index in [1.807, 2.05) is 67.6 Å². The van der Waals surface area contributed by atoms with Gasteiger partial charge in [0, 0.05) is 0 Å². The summed E-state index contributed by atoms with van der Waals surface area (Å²) in [6.07, 6.45) is 0. The molecule has 0 aliphatic rings. The molecular weight excluding hydrogens is 378 g/mol. The molecule has 0 saturated heterocycles. The van der Waals surface area contributed by atoms with Gasteiger partial charge in [-0.05, 0) is 31.5 Å². The van der Waals surface area contributed by atoms with Crippen LogP contribution in [0.2, 0.25) is 5.15 Å². The molecule has 3 rings (SSSR count). The number of hydrogen-bond acceptors (Lipinski definition) is 4. The quantitative estimate of drug-likeness (QED) is 0.641. The van der Waals surface area contributed by atoms with Crippen LogP contribution in [0, 0.1) is 6.92 Å². The van der Waals surface area contributed by atoms with Crippen LogP contribution in [0.1, 0.15) is 34.6 Å². The first-order valence-electron chi connectivity index (χ1n) is 8.79. The first kappa shape index (κ1) is 19.6. The number of rotatable bonds is 6. The molecule has 1 amide bonds. The molecule has 144 valence electrons. The summed E-state index contributed by atoms with van der Waals surface area (Å²) >= 11 is 6.34. The molecule has 0 unspecified atom stereocenters. The molecule has 6 nitrogen and oxygen atoms in total. The summed E-state index contributed by atoms with van der Waals surface area (Å²) in [4.78, 5) is 24.6. The van der Waals surface area contributed by atoms with Gasteiger partial charge < -0.3 is 10.1 Å². The molecule has 1 heterocycles. The van der Waals surface area contributed by atoms with Crippen molar-refractivity contribution in [2.24, 2.45) is 0 Å². The van der Waals surface area contributed by atoms with Crippen LogP contribution in [-0.4, -0.2) is 28.3 Å². The van der Waals surface area contributed by atoms with Crippen molar-refractivity contribution >= 4 is 23.5 Å². The second-order valence-electron chi connectivity index (χ2n) is 6.27. The fraction of sp³-hybridized carbons (Fsp3) is 0.190. The Balaban J connectivity index is 1.64. The largest absolute Gasteiger partial charge is 0.452 e. The third-order valence-electron chi connectivity index (χ3n) is 4.22. The van der Waals surface area contributed by atoms with Crippen molar-refractivity contribution < 1.29 is 14.3 Å². The number of benzene rings is 2. The normalized spacial score (nSPS) is 11.7. The summed E-state index contributed by atoms with van der Waals surface area (Å²) < 4.78 is 6.61. The van der Waals surface area contributed by atoms with Crippen molar-refractivity contribution in [2.45, 2.75) is 19.9 Å². The fourth-order valence-corrected chi connectivity index (χ4v) is 3.13. The zero-order valence-corrected chi connectivity index (χ0v) is 16.3. The lowest BCUT2D eigenvalue weighted by Gasteiger charge is -2.14. The number of para-hydroxylation sites is 1. The van der Waals surface area contributed by atoms with Crippen LogP contribution < -0.4 is 5.32 Å². The standard InChI is InChI=1S/C21H20ClN3O3/c1-14(16-9-5-3-6-10-16)23-18(26)13-28-21(27)19-15(2)24-25(20(19)22)17-11-7-4-8-12-17/h3-12,14H,13H2,1-2H3,(H,23,26)/t14-/m1/s1. The maximum Gasteiger partial charge on any atom is 0.343 e. The highest BCUT2D eigenvalue weighted by atomic mass is 35.5. The average molecular weight is 398 g/mol. The molecular formula is C21H20ClN3O3. The minimum absolute atomic E-state index is 0.145. The highest BCUT2D eigenvalue weighted by molar-refractivity contribution is 6.33. The average Bonchev–Trinajstić information content (AvgIpc) is 3.01. The zero-order chi connectivity index (χ0) is 20.1. The molecule has 3 aromatic rings. The Morgan fingerprint density at radius 1 is 1.11 bits per heavy atom. The van der Waals surface area contributed by atoms with E-state index in [-0.39, 0.29) is 16.8 Å². The van der Waals surface area contributed by atoms with Gasteiger partial charge in [0.15, 0.2) is 6.61 Å². The first-order valence-corrected chi connectivity index (χ1v) is 9.17. The van der Waals surface area contributed by atoms with Gasteiger partial charge in [-0.3, -0.25) is 4.79 Å². The minimum Gasteiger partial charge on any atom is -0.452 e. The lowest BCUT2D eigenvalue weighted by atomic mass is 10.1. The molecule has 0 saturated carbocycles.